The number of hydrogen-bond donors (Lipinski definition) is 0. The van der Waals surface area contributed by atoms with Crippen molar-refractivity contribution < 1.29 is 23.4 Å². The zero-order chi connectivity index (χ0) is 17.6. The van der Waals surface area contributed by atoms with Crippen LogP contribution in [0.2, 0.25) is 0 Å². The Morgan fingerprint density at radius 2 is 1.72 bits per heavy atom. The van der Waals surface area contributed by atoms with Gasteiger partial charge in [-0.1, -0.05) is 12.1 Å². The summed E-state index contributed by atoms with van der Waals surface area (Å²) < 4.78 is 21.2. The molecule has 25 heavy (non-hydrogen) atoms. The number of carbonyl (C=O) groups is 1. The monoisotopic (exact) mass is 340 g/mol. The molecule has 0 radical (unpaired) electrons. The molecule has 6 nitrogen and oxygen atoms in total. The number of benzene rings is 2. The van der Waals surface area contributed by atoms with Crippen LogP contribution in [0.4, 0.5) is 0 Å². The number of hydrogen-bond acceptors (Lipinski definition) is 6. The first kappa shape index (κ1) is 16.6. The van der Waals surface area contributed by atoms with Crippen molar-refractivity contribution in [3.8, 4) is 17.2 Å². The van der Waals surface area contributed by atoms with Gasteiger partial charge in [-0.25, -0.2) is 9.59 Å². The summed E-state index contributed by atoms with van der Waals surface area (Å²) in [5.41, 5.74) is -0.118. The van der Waals surface area contributed by atoms with Gasteiger partial charge in [-0.2, -0.15) is 0 Å². The minimum Gasteiger partial charge on any atom is -0.490 e. The normalized spacial score (nSPS) is 10.4. The number of para-hydroxylation sites is 2. The van der Waals surface area contributed by atoms with Gasteiger partial charge in [-0.3, -0.25) is 0 Å². The molecular weight excluding hydrogens is 324 g/mol. The summed E-state index contributed by atoms with van der Waals surface area (Å²) >= 11 is 0. The van der Waals surface area contributed by atoms with Gasteiger partial charge >= 0.3 is 11.6 Å². The maximum Gasteiger partial charge on any atom is 0.349 e. The van der Waals surface area contributed by atoms with Gasteiger partial charge < -0.3 is 18.6 Å². The maximum absolute atomic E-state index is 12.0. The van der Waals surface area contributed by atoms with E-state index >= 15 is 0 Å². The smallest absolute Gasteiger partial charge is 0.349 e. The molecule has 1 aromatic heterocycles. The summed E-state index contributed by atoms with van der Waals surface area (Å²) in [7, 11) is 0. The van der Waals surface area contributed by atoms with Crippen LogP contribution in [-0.2, 0) is 4.79 Å². The van der Waals surface area contributed by atoms with Crippen molar-refractivity contribution in [3.63, 3.8) is 0 Å². The zero-order valence-electron chi connectivity index (χ0n) is 13.6. The van der Waals surface area contributed by atoms with Crippen molar-refractivity contribution in [1.29, 1.82) is 0 Å². The van der Waals surface area contributed by atoms with Crippen LogP contribution in [0.15, 0.2) is 63.8 Å². The van der Waals surface area contributed by atoms with E-state index in [4.69, 9.17) is 18.6 Å². The molecule has 0 unspecified atom stereocenters. The molecule has 0 saturated heterocycles. The number of esters is 1. The largest absolute Gasteiger partial charge is 0.490 e. The molecule has 0 atom stereocenters. The highest BCUT2D eigenvalue weighted by Crippen LogP contribution is 2.26. The second-order valence-corrected chi connectivity index (χ2v) is 5.10. The number of ether oxygens (including phenoxy) is 3. The summed E-state index contributed by atoms with van der Waals surface area (Å²) in [6, 6.07) is 14.9. The minimum atomic E-state index is -0.580. The summed E-state index contributed by atoms with van der Waals surface area (Å²) in [6.07, 6.45) is 0. The van der Waals surface area contributed by atoms with Crippen LogP contribution in [0.3, 0.4) is 0 Å². The summed E-state index contributed by atoms with van der Waals surface area (Å²) in [5, 5.41) is 0.737. The molecule has 0 aliphatic carbocycles. The number of carbonyl (C=O) groups excluding carboxylic acids is 1. The topological polar surface area (TPSA) is 75.0 Å². The predicted octanol–water partition coefficient (Wildman–Crippen LogP) is 3.18. The van der Waals surface area contributed by atoms with E-state index < -0.39 is 11.6 Å². The van der Waals surface area contributed by atoms with Crippen LogP contribution >= 0.6 is 0 Å². The predicted molar refractivity (Wildman–Crippen MR) is 91.2 cm³/mol. The number of fused-ring (bicyclic) bond motifs is 1. The van der Waals surface area contributed by atoms with Crippen LogP contribution < -0.4 is 19.8 Å². The van der Waals surface area contributed by atoms with Gasteiger partial charge in [0.25, 0.3) is 0 Å². The second kappa shape index (κ2) is 7.53. The fourth-order valence-corrected chi connectivity index (χ4v) is 2.25. The SMILES string of the molecule is CCOc1ccccc1OCC(=O)Oc1ccc2ccc(=O)oc2c1. The van der Waals surface area contributed by atoms with Crippen molar-refractivity contribution in [3.05, 3.63) is 65.0 Å². The molecule has 2 aromatic carbocycles. The highest BCUT2D eigenvalue weighted by Gasteiger charge is 2.10. The van der Waals surface area contributed by atoms with E-state index in [2.05, 4.69) is 0 Å². The molecule has 0 saturated carbocycles. The van der Waals surface area contributed by atoms with Gasteiger partial charge in [0.15, 0.2) is 18.1 Å². The summed E-state index contributed by atoms with van der Waals surface area (Å²) in [5.74, 6) is 0.716. The van der Waals surface area contributed by atoms with Gasteiger partial charge in [0.2, 0.25) is 0 Å². The van der Waals surface area contributed by atoms with Crippen LogP contribution in [0.1, 0.15) is 6.92 Å². The molecule has 0 N–H and O–H groups in total. The lowest BCUT2D eigenvalue weighted by molar-refractivity contribution is -0.136. The fourth-order valence-electron chi connectivity index (χ4n) is 2.25. The quantitative estimate of drug-likeness (QED) is 0.390. The molecule has 6 heteroatoms. The van der Waals surface area contributed by atoms with E-state index in [0.29, 0.717) is 23.7 Å². The molecule has 0 fully saturated rings. The Hall–Kier alpha value is -3.28. The van der Waals surface area contributed by atoms with Gasteiger partial charge in [0, 0.05) is 17.5 Å². The van der Waals surface area contributed by atoms with Crippen LogP contribution in [0.25, 0.3) is 11.0 Å². The molecule has 1 heterocycles. The van der Waals surface area contributed by atoms with E-state index in [9.17, 15) is 9.59 Å². The first-order chi connectivity index (χ1) is 12.2. The first-order valence-corrected chi connectivity index (χ1v) is 7.75. The fraction of sp³-hybridized carbons (Fsp3) is 0.158. The van der Waals surface area contributed by atoms with Gasteiger partial charge in [0.05, 0.1) is 6.61 Å². The zero-order valence-corrected chi connectivity index (χ0v) is 13.6. The Balaban J connectivity index is 1.66. The second-order valence-electron chi connectivity index (χ2n) is 5.10. The molecule has 0 bridgehead atoms. The van der Waals surface area contributed by atoms with Crippen molar-refractivity contribution in [1.82, 2.24) is 0 Å². The first-order valence-electron chi connectivity index (χ1n) is 7.75. The minimum absolute atomic E-state index is 0.272. The standard InChI is InChI=1S/C19H16O6/c1-2-22-15-5-3-4-6-16(15)23-12-19(21)24-14-9-7-13-8-10-18(20)25-17(13)11-14/h3-11H,2,12H2,1H3. The average Bonchev–Trinajstić information content (AvgIpc) is 2.61. The van der Waals surface area contributed by atoms with Gasteiger partial charge in [-0.05, 0) is 37.3 Å². The average molecular weight is 340 g/mol. The van der Waals surface area contributed by atoms with Crippen molar-refractivity contribution in [2.24, 2.45) is 0 Å². The van der Waals surface area contributed by atoms with E-state index in [1.807, 2.05) is 13.0 Å². The third-order valence-electron chi connectivity index (χ3n) is 3.32. The van der Waals surface area contributed by atoms with Crippen LogP contribution in [0, 0.1) is 0 Å². The molecular formula is C19H16O6. The van der Waals surface area contributed by atoms with E-state index in [0.717, 1.165) is 5.39 Å². The lowest BCUT2D eigenvalue weighted by Crippen LogP contribution is -2.18. The summed E-state index contributed by atoms with van der Waals surface area (Å²) in [4.78, 5) is 23.2. The molecule has 0 aliphatic heterocycles. The Bertz CT molecular complexity index is 944. The third kappa shape index (κ3) is 4.17. The Kier molecular flexibility index (Phi) is 4.99. The van der Waals surface area contributed by atoms with Gasteiger partial charge in [-0.15, -0.1) is 0 Å². The Morgan fingerprint density at radius 1 is 1.00 bits per heavy atom. The van der Waals surface area contributed by atoms with E-state index in [1.54, 1.807) is 36.4 Å². The lowest BCUT2D eigenvalue weighted by Gasteiger charge is -2.11. The molecule has 0 spiro atoms. The van der Waals surface area contributed by atoms with Crippen LogP contribution in [0.5, 0.6) is 17.2 Å². The van der Waals surface area contributed by atoms with Crippen LogP contribution in [-0.4, -0.2) is 19.2 Å². The van der Waals surface area contributed by atoms with Crippen molar-refractivity contribution in [2.45, 2.75) is 6.92 Å². The van der Waals surface area contributed by atoms with E-state index in [1.165, 1.54) is 12.1 Å². The lowest BCUT2D eigenvalue weighted by atomic mass is 10.2. The third-order valence-corrected chi connectivity index (χ3v) is 3.32. The Morgan fingerprint density at radius 3 is 2.48 bits per heavy atom. The number of rotatable bonds is 6. The highest BCUT2D eigenvalue weighted by molar-refractivity contribution is 5.80. The Labute approximate surface area is 143 Å². The van der Waals surface area contributed by atoms with Gasteiger partial charge in [0.1, 0.15) is 11.3 Å². The molecule has 0 amide bonds. The molecule has 3 aromatic rings. The summed E-state index contributed by atoms with van der Waals surface area (Å²) in [6.45, 7) is 2.08. The van der Waals surface area contributed by atoms with Crippen molar-refractivity contribution in [2.75, 3.05) is 13.2 Å². The molecule has 128 valence electrons. The van der Waals surface area contributed by atoms with E-state index in [-0.39, 0.29) is 12.4 Å². The van der Waals surface area contributed by atoms with Crippen molar-refractivity contribution >= 4 is 16.9 Å². The molecule has 3 rings (SSSR count). The highest BCUT2D eigenvalue weighted by atomic mass is 16.6. The maximum atomic E-state index is 12.0. The molecule has 0 aliphatic rings.